The number of fused-ring (bicyclic) bond motifs is 1. The van der Waals surface area contributed by atoms with Crippen LogP contribution in [0, 0.1) is 19.7 Å². The Morgan fingerprint density at radius 2 is 1.93 bits per heavy atom. The number of hydrogen-bond acceptors (Lipinski definition) is 4. The predicted molar refractivity (Wildman–Crippen MR) is 113 cm³/mol. The molecule has 8 heteroatoms. The summed E-state index contributed by atoms with van der Waals surface area (Å²) in [6.07, 6.45) is 4.43. The van der Waals surface area contributed by atoms with E-state index in [-0.39, 0.29) is 17.3 Å². The van der Waals surface area contributed by atoms with E-state index in [4.69, 9.17) is 0 Å². The van der Waals surface area contributed by atoms with Crippen molar-refractivity contribution in [2.75, 3.05) is 5.32 Å². The summed E-state index contributed by atoms with van der Waals surface area (Å²) in [6, 6.07) is 11.0. The molecule has 0 bridgehead atoms. The average molecular weight is 403 g/mol. The van der Waals surface area contributed by atoms with Crippen molar-refractivity contribution in [2.24, 2.45) is 0 Å². The molecule has 2 aromatic heterocycles. The number of benzene rings is 2. The summed E-state index contributed by atoms with van der Waals surface area (Å²) in [5.74, 6) is -0.661. The monoisotopic (exact) mass is 403 g/mol. The molecule has 0 unspecified atom stereocenters. The third kappa shape index (κ3) is 3.75. The number of nitrogens with one attached hydrogen (secondary N) is 2. The molecule has 2 heterocycles. The highest BCUT2D eigenvalue weighted by Gasteiger charge is 2.11. The minimum atomic E-state index is -0.344. The number of hydrogen-bond donors (Lipinski definition) is 2. The van der Waals surface area contributed by atoms with E-state index >= 15 is 0 Å². The van der Waals surface area contributed by atoms with Gasteiger partial charge in [0, 0.05) is 23.0 Å². The van der Waals surface area contributed by atoms with Crippen LogP contribution in [0.1, 0.15) is 17.0 Å². The molecule has 0 aliphatic rings. The van der Waals surface area contributed by atoms with E-state index in [0.29, 0.717) is 16.6 Å². The number of aryl methyl sites for hydroxylation is 1. The van der Waals surface area contributed by atoms with E-state index in [9.17, 15) is 14.0 Å². The first-order chi connectivity index (χ1) is 14.4. The van der Waals surface area contributed by atoms with Crippen LogP contribution in [0.5, 0.6) is 0 Å². The number of carbonyl (C=O) groups excluding carboxylic acids is 1. The molecule has 0 spiro atoms. The first-order valence-electron chi connectivity index (χ1n) is 9.21. The van der Waals surface area contributed by atoms with Crippen LogP contribution in [0.3, 0.4) is 0 Å². The first kappa shape index (κ1) is 19.3. The highest BCUT2D eigenvalue weighted by atomic mass is 19.1. The van der Waals surface area contributed by atoms with Crippen LogP contribution >= 0.6 is 0 Å². The molecule has 0 atom stereocenters. The van der Waals surface area contributed by atoms with Crippen LogP contribution in [-0.2, 0) is 4.79 Å². The molecule has 7 nitrogen and oxygen atoms in total. The molecule has 4 aromatic rings. The summed E-state index contributed by atoms with van der Waals surface area (Å²) in [6.45, 7) is 3.72. The van der Waals surface area contributed by atoms with Crippen molar-refractivity contribution in [1.82, 2.24) is 19.7 Å². The quantitative estimate of drug-likeness (QED) is 0.510. The van der Waals surface area contributed by atoms with Gasteiger partial charge in [-0.25, -0.2) is 14.1 Å². The Bertz CT molecular complexity index is 1340. The second-order valence-corrected chi connectivity index (χ2v) is 6.76. The van der Waals surface area contributed by atoms with Gasteiger partial charge in [-0.1, -0.05) is 0 Å². The van der Waals surface area contributed by atoms with Gasteiger partial charge in [0.2, 0.25) is 5.91 Å². The second-order valence-electron chi connectivity index (χ2n) is 6.76. The van der Waals surface area contributed by atoms with E-state index in [0.717, 1.165) is 22.6 Å². The lowest BCUT2D eigenvalue weighted by Crippen LogP contribution is -2.10. The fourth-order valence-corrected chi connectivity index (χ4v) is 3.22. The minimum Gasteiger partial charge on any atom is -0.322 e. The third-order valence-electron chi connectivity index (χ3n) is 4.73. The van der Waals surface area contributed by atoms with Crippen LogP contribution in [0.25, 0.3) is 22.7 Å². The van der Waals surface area contributed by atoms with E-state index in [1.807, 2.05) is 13.8 Å². The van der Waals surface area contributed by atoms with Gasteiger partial charge in [-0.2, -0.15) is 5.10 Å². The van der Waals surface area contributed by atoms with E-state index in [1.165, 1.54) is 24.5 Å². The highest BCUT2D eigenvalue weighted by molar-refractivity contribution is 6.03. The number of amides is 1. The van der Waals surface area contributed by atoms with Gasteiger partial charge in [0.05, 0.1) is 28.6 Å². The van der Waals surface area contributed by atoms with E-state index in [2.05, 4.69) is 20.4 Å². The van der Waals surface area contributed by atoms with Gasteiger partial charge in [0.15, 0.2) is 0 Å². The Morgan fingerprint density at radius 3 is 2.70 bits per heavy atom. The summed E-state index contributed by atoms with van der Waals surface area (Å²) in [7, 11) is 0. The Balaban J connectivity index is 1.55. The van der Waals surface area contributed by atoms with Crippen LogP contribution < -0.4 is 10.9 Å². The van der Waals surface area contributed by atoms with Crippen LogP contribution in [0.2, 0.25) is 0 Å². The van der Waals surface area contributed by atoms with Crippen molar-refractivity contribution in [2.45, 2.75) is 13.8 Å². The van der Waals surface area contributed by atoms with Crippen molar-refractivity contribution in [3.05, 3.63) is 88.0 Å². The molecular weight excluding hydrogens is 385 g/mol. The van der Waals surface area contributed by atoms with Crippen molar-refractivity contribution >= 4 is 28.6 Å². The lowest BCUT2D eigenvalue weighted by Gasteiger charge is -2.04. The predicted octanol–water partition coefficient (Wildman–Crippen LogP) is 3.52. The Kier molecular flexibility index (Phi) is 4.97. The smallest absolute Gasteiger partial charge is 0.258 e. The van der Waals surface area contributed by atoms with Crippen LogP contribution in [-0.4, -0.2) is 25.7 Å². The maximum absolute atomic E-state index is 13.2. The standard InChI is InChI=1S/C22H18FN5O2/c1-13-18(14(2)28(27-13)17-6-3-15(23)4-7-17)8-10-21(29)26-16-5-9-20-19(11-16)22(30)25-12-24-20/h3-12H,1-2H3,(H,26,29)(H,24,25,30)/b10-8+. The van der Waals surface area contributed by atoms with Crippen molar-refractivity contribution in [3.8, 4) is 5.69 Å². The van der Waals surface area contributed by atoms with Gasteiger partial charge in [-0.15, -0.1) is 0 Å². The summed E-state index contributed by atoms with van der Waals surface area (Å²) in [4.78, 5) is 30.9. The molecule has 0 saturated carbocycles. The zero-order valence-electron chi connectivity index (χ0n) is 16.3. The molecule has 4 rings (SSSR count). The van der Waals surface area contributed by atoms with Crippen molar-refractivity contribution in [3.63, 3.8) is 0 Å². The molecule has 0 aliphatic heterocycles. The van der Waals surface area contributed by atoms with Crippen molar-refractivity contribution in [1.29, 1.82) is 0 Å². The fourth-order valence-electron chi connectivity index (χ4n) is 3.22. The van der Waals surface area contributed by atoms with Crippen LogP contribution in [0.15, 0.2) is 59.7 Å². The van der Waals surface area contributed by atoms with Crippen molar-refractivity contribution < 1.29 is 9.18 Å². The van der Waals surface area contributed by atoms with Gasteiger partial charge in [0.1, 0.15) is 5.82 Å². The Hall–Kier alpha value is -4.07. The van der Waals surface area contributed by atoms with E-state index < -0.39 is 0 Å². The lowest BCUT2D eigenvalue weighted by molar-refractivity contribution is -0.111. The number of H-pyrrole nitrogens is 1. The van der Waals surface area contributed by atoms with Gasteiger partial charge < -0.3 is 10.3 Å². The summed E-state index contributed by atoms with van der Waals surface area (Å²) in [5, 5.41) is 7.62. The fraction of sp³-hybridized carbons (Fsp3) is 0.0909. The number of nitrogens with zero attached hydrogens (tertiary/aromatic N) is 3. The molecular formula is C22H18FN5O2. The number of anilines is 1. The number of carbonyl (C=O) groups is 1. The molecule has 0 fully saturated rings. The number of rotatable bonds is 4. The lowest BCUT2D eigenvalue weighted by atomic mass is 10.1. The van der Waals surface area contributed by atoms with Gasteiger partial charge in [-0.05, 0) is 62.4 Å². The number of halogens is 1. The third-order valence-corrected chi connectivity index (χ3v) is 4.73. The zero-order valence-corrected chi connectivity index (χ0v) is 16.3. The van der Waals surface area contributed by atoms with Gasteiger partial charge >= 0.3 is 0 Å². The zero-order chi connectivity index (χ0) is 21.3. The summed E-state index contributed by atoms with van der Waals surface area (Å²) >= 11 is 0. The normalized spacial score (nSPS) is 11.3. The second kappa shape index (κ2) is 7.75. The average Bonchev–Trinajstić information content (AvgIpc) is 3.01. The molecule has 0 saturated heterocycles. The molecule has 150 valence electrons. The largest absolute Gasteiger partial charge is 0.322 e. The Labute approximate surface area is 170 Å². The molecule has 2 aromatic carbocycles. The number of aromatic amines is 1. The molecule has 0 aliphatic carbocycles. The van der Waals surface area contributed by atoms with E-state index in [1.54, 1.807) is 41.1 Å². The SMILES string of the molecule is Cc1nn(-c2ccc(F)cc2)c(C)c1/C=C/C(=O)Nc1ccc2nc[nH]c(=O)c2c1. The van der Waals surface area contributed by atoms with Crippen LogP contribution in [0.4, 0.5) is 10.1 Å². The highest BCUT2D eigenvalue weighted by Crippen LogP contribution is 2.20. The molecule has 2 N–H and O–H groups in total. The summed E-state index contributed by atoms with van der Waals surface area (Å²) < 4.78 is 14.9. The maximum atomic E-state index is 13.2. The first-order valence-corrected chi connectivity index (χ1v) is 9.21. The van der Waals surface area contributed by atoms with Gasteiger partial charge in [-0.3, -0.25) is 9.59 Å². The summed E-state index contributed by atoms with van der Waals surface area (Å²) in [5.41, 5.74) is 3.87. The Morgan fingerprint density at radius 1 is 1.17 bits per heavy atom. The number of aromatic nitrogens is 4. The molecule has 0 radical (unpaired) electrons. The minimum absolute atomic E-state index is 0.272. The van der Waals surface area contributed by atoms with Gasteiger partial charge in [0.25, 0.3) is 5.56 Å². The maximum Gasteiger partial charge on any atom is 0.258 e. The molecule has 30 heavy (non-hydrogen) atoms. The molecule has 1 amide bonds. The topological polar surface area (TPSA) is 92.7 Å².